The average Bonchev–Trinajstić information content (AvgIpc) is 3.96. The molecule has 0 saturated heterocycles. The van der Waals surface area contributed by atoms with Gasteiger partial charge in [0, 0.05) is 59.2 Å². The van der Waals surface area contributed by atoms with Crippen molar-refractivity contribution in [2.45, 2.75) is 22.6 Å². The summed E-state index contributed by atoms with van der Waals surface area (Å²) < 4.78 is 68.2. The number of hydrogen-bond acceptors (Lipinski definition) is 13. The van der Waals surface area contributed by atoms with Crippen molar-refractivity contribution in [1.82, 2.24) is 0 Å². The van der Waals surface area contributed by atoms with Crippen LogP contribution in [0.1, 0.15) is 22.3 Å². The Morgan fingerprint density at radius 1 is 0.623 bits per heavy atom. The first-order valence-corrected chi connectivity index (χ1v) is 25.9. The molecular weight excluding hydrogens is 1030 g/mol. The van der Waals surface area contributed by atoms with E-state index in [-0.39, 0.29) is 29.8 Å². The molecule has 0 saturated carbocycles. The van der Waals surface area contributed by atoms with Gasteiger partial charge in [-0.25, -0.2) is 16.8 Å². The number of hydrogen-bond donors (Lipinski definition) is 1. The average molecular weight is 1070 g/mol. The van der Waals surface area contributed by atoms with Gasteiger partial charge in [0.1, 0.15) is 34.5 Å². The standard InChI is InChI=1S/C24H18Cl2N2O5S.C15H8Cl3NO3.C9H11NO2S/c1-34(30,31)20-3-5-22-16(10-20)6-7-28(22)24(29)14-32-18-2-4-21(26)23(12-18)33-19-9-15(13-27)8-17(25)11-19;16-10-3-9(7-19)4-12(5-10)22-14-6-11(1-2-13(14)17)21-8-15(18)20;1-13(11,12)8-2-3-9-7(6-8)4-5-10-9/h2-5,8-12H,6-7,14H2,1H3;1-6H,8H2;2-3,6,10H,4-5H2,1H3. The molecule has 6 aromatic carbocycles. The number of nitrogens with zero attached hydrogens (tertiary/aromatic N) is 3. The molecule has 2 aliphatic heterocycles. The molecule has 1 amide bonds. The van der Waals surface area contributed by atoms with Gasteiger partial charge in [0.25, 0.3) is 11.1 Å². The Kier molecular flexibility index (Phi) is 17.3. The number of nitriles is 2. The lowest BCUT2D eigenvalue weighted by molar-refractivity contribution is -0.120. The van der Waals surface area contributed by atoms with E-state index in [2.05, 4.69) is 5.32 Å². The number of nitrogens with one attached hydrogen (secondary N) is 1. The first-order valence-electron chi connectivity index (χ1n) is 20.2. The van der Waals surface area contributed by atoms with E-state index in [4.69, 9.17) is 87.5 Å². The summed E-state index contributed by atoms with van der Waals surface area (Å²) in [7, 11) is -6.37. The summed E-state index contributed by atoms with van der Waals surface area (Å²) in [5.74, 6) is 1.73. The Balaban J connectivity index is 0.000000190. The van der Waals surface area contributed by atoms with Crippen LogP contribution >= 0.6 is 58.0 Å². The van der Waals surface area contributed by atoms with Gasteiger partial charge in [-0.15, -0.1) is 0 Å². The summed E-state index contributed by atoms with van der Waals surface area (Å²) in [6.07, 6.45) is 3.86. The third-order valence-electron chi connectivity index (χ3n) is 9.87. The molecule has 2 heterocycles. The monoisotopic (exact) mass is 1070 g/mol. The van der Waals surface area contributed by atoms with Crippen LogP contribution in [0.2, 0.25) is 20.1 Å². The molecule has 0 aliphatic carbocycles. The van der Waals surface area contributed by atoms with Gasteiger partial charge in [0.15, 0.2) is 32.9 Å². The van der Waals surface area contributed by atoms with Crippen LogP contribution in [0, 0.1) is 22.7 Å². The summed E-state index contributed by atoms with van der Waals surface area (Å²) in [5.41, 5.74) is 4.34. The lowest BCUT2D eigenvalue weighted by atomic mass is 10.2. The lowest BCUT2D eigenvalue weighted by Crippen LogP contribution is -2.33. The second-order valence-electron chi connectivity index (χ2n) is 15.0. The number of sulfone groups is 2. The number of amides is 1. The van der Waals surface area contributed by atoms with Crippen molar-refractivity contribution < 1.29 is 45.4 Å². The van der Waals surface area contributed by atoms with E-state index < -0.39 is 24.9 Å². The number of anilines is 2. The Labute approximate surface area is 423 Å². The fourth-order valence-corrected chi connectivity index (χ4v) is 8.83. The van der Waals surface area contributed by atoms with Crippen molar-refractivity contribution in [1.29, 1.82) is 10.5 Å². The maximum absolute atomic E-state index is 12.8. The van der Waals surface area contributed by atoms with Crippen LogP contribution in [0.5, 0.6) is 34.5 Å². The van der Waals surface area contributed by atoms with E-state index in [9.17, 15) is 26.4 Å². The molecule has 356 valence electrons. The van der Waals surface area contributed by atoms with Crippen LogP contribution < -0.4 is 29.2 Å². The quantitative estimate of drug-likeness (QED) is 0.114. The molecule has 21 heteroatoms. The molecule has 6 aromatic rings. The molecule has 1 N–H and O–H groups in total. The summed E-state index contributed by atoms with van der Waals surface area (Å²) in [6, 6.07) is 32.5. The van der Waals surface area contributed by atoms with Crippen molar-refractivity contribution in [2.75, 3.05) is 49.0 Å². The molecule has 8 rings (SSSR count). The van der Waals surface area contributed by atoms with E-state index in [1.807, 2.05) is 18.2 Å². The predicted molar refractivity (Wildman–Crippen MR) is 265 cm³/mol. The van der Waals surface area contributed by atoms with Gasteiger partial charge in [-0.1, -0.05) is 46.4 Å². The highest BCUT2D eigenvalue weighted by Gasteiger charge is 2.26. The molecular formula is C48H37Cl5N4O10S2. The Morgan fingerprint density at radius 3 is 1.64 bits per heavy atom. The molecule has 69 heavy (non-hydrogen) atoms. The fourth-order valence-electron chi connectivity index (χ4n) is 6.67. The van der Waals surface area contributed by atoms with Gasteiger partial charge in [0.05, 0.1) is 43.1 Å². The van der Waals surface area contributed by atoms with Gasteiger partial charge in [0.2, 0.25) is 0 Å². The first kappa shape index (κ1) is 52.2. The number of benzene rings is 6. The molecule has 14 nitrogen and oxygen atoms in total. The number of carbonyl (C=O) groups is 2. The Morgan fingerprint density at radius 2 is 1.13 bits per heavy atom. The smallest absolute Gasteiger partial charge is 0.264 e. The third kappa shape index (κ3) is 14.7. The van der Waals surface area contributed by atoms with E-state index in [1.54, 1.807) is 71.6 Å². The zero-order chi connectivity index (χ0) is 50.0. The lowest BCUT2D eigenvalue weighted by Gasteiger charge is -2.18. The highest BCUT2D eigenvalue weighted by molar-refractivity contribution is 7.91. The van der Waals surface area contributed by atoms with Crippen molar-refractivity contribution in [2.24, 2.45) is 0 Å². The van der Waals surface area contributed by atoms with Crippen molar-refractivity contribution in [3.63, 3.8) is 0 Å². The SMILES string of the molecule is CS(=O)(=O)c1ccc2c(c1)CCN2.CS(=O)(=O)c1ccc2c(c1)CCN2C(=O)COc1ccc(Cl)c(Oc2cc(Cl)cc(C#N)c2)c1.N#Cc1cc(Cl)cc(Oc2cc(OCC(=O)Cl)ccc2Cl)c1. The van der Waals surface area contributed by atoms with Crippen molar-refractivity contribution >= 4 is 100 Å². The van der Waals surface area contributed by atoms with Gasteiger partial charge in [-0.05, 0) is 133 Å². The van der Waals surface area contributed by atoms with E-state index >= 15 is 0 Å². The minimum atomic E-state index is -3.32. The van der Waals surface area contributed by atoms with Crippen LogP contribution in [0.3, 0.4) is 0 Å². The maximum Gasteiger partial charge on any atom is 0.264 e. The molecule has 2 aliphatic rings. The largest absolute Gasteiger partial charge is 0.484 e. The molecule has 0 aromatic heterocycles. The zero-order valence-corrected chi connectivity index (χ0v) is 41.7. The van der Waals surface area contributed by atoms with Gasteiger partial charge < -0.3 is 29.2 Å². The highest BCUT2D eigenvalue weighted by Crippen LogP contribution is 2.37. The molecule has 0 unspecified atom stereocenters. The fraction of sp³-hybridized carbons (Fsp3) is 0.167. The summed E-state index contributed by atoms with van der Waals surface area (Å²) in [4.78, 5) is 25.7. The van der Waals surface area contributed by atoms with Crippen LogP contribution in [0.4, 0.5) is 11.4 Å². The third-order valence-corrected chi connectivity index (χ3v) is 13.3. The second-order valence-corrected chi connectivity index (χ2v) is 21.2. The molecule has 0 bridgehead atoms. The number of halogens is 5. The maximum atomic E-state index is 12.8. The van der Waals surface area contributed by atoms with Crippen molar-refractivity contribution in [3.05, 3.63) is 152 Å². The molecule has 0 fully saturated rings. The van der Waals surface area contributed by atoms with Crippen LogP contribution in [-0.2, 0) is 42.1 Å². The number of fused-ring (bicyclic) bond motifs is 2. The van der Waals surface area contributed by atoms with Gasteiger partial charge in [-0.2, -0.15) is 10.5 Å². The zero-order valence-electron chi connectivity index (χ0n) is 36.3. The van der Waals surface area contributed by atoms with Gasteiger partial charge in [-0.3, -0.25) is 9.59 Å². The first-order chi connectivity index (χ1) is 32.7. The summed E-state index contributed by atoms with van der Waals surface area (Å²) in [6.45, 7) is 0.848. The number of rotatable bonds is 12. The van der Waals surface area contributed by atoms with Crippen LogP contribution in [-0.4, -0.2) is 66.8 Å². The molecule has 0 atom stereocenters. The Bertz CT molecular complexity index is 3270. The highest BCUT2D eigenvalue weighted by atomic mass is 35.5. The second kappa shape index (κ2) is 22.9. The summed E-state index contributed by atoms with van der Waals surface area (Å²) >= 11 is 29.4. The topological polar surface area (TPSA) is 202 Å². The molecule has 0 radical (unpaired) electrons. The summed E-state index contributed by atoms with van der Waals surface area (Å²) in [5, 5.41) is 21.9. The van der Waals surface area contributed by atoms with Crippen molar-refractivity contribution in [3.8, 4) is 46.6 Å². The molecule has 0 spiro atoms. The van der Waals surface area contributed by atoms with E-state index in [0.717, 1.165) is 36.0 Å². The van der Waals surface area contributed by atoms with Crippen LogP contribution in [0.25, 0.3) is 0 Å². The number of carbonyl (C=O) groups excluding carboxylic acids is 2. The van der Waals surface area contributed by atoms with Gasteiger partial charge >= 0.3 is 0 Å². The van der Waals surface area contributed by atoms with Crippen LogP contribution in [0.15, 0.2) is 119 Å². The minimum Gasteiger partial charge on any atom is -0.484 e. The predicted octanol–water partition coefficient (Wildman–Crippen LogP) is 10.9. The number of ether oxygens (including phenoxy) is 4. The minimum absolute atomic E-state index is 0.229. The van der Waals surface area contributed by atoms with E-state index in [1.165, 1.54) is 42.7 Å². The normalized spacial score (nSPS) is 12.3. The van der Waals surface area contributed by atoms with E-state index in [0.29, 0.717) is 83.5 Å². The Hall–Kier alpha value is -6.21.